The molecule has 0 aromatic heterocycles. The summed E-state index contributed by atoms with van der Waals surface area (Å²) in [6.07, 6.45) is 2.15. The first kappa shape index (κ1) is 16.4. The van der Waals surface area contributed by atoms with Crippen LogP contribution in [0.1, 0.15) is 26.7 Å². The van der Waals surface area contributed by atoms with Crippen LogP contribution in [0.5, 0.6) is 0 Å². The molecule has 0 bridgehead atoms. The molecular formula is C14H28N2O3. The van der Waals surface area contributed by atoms with E-state index in [0.29, 0.717) is 13.2 Å². The van der Waals surface area contributed by atoms with Crippen LogP contribution in [-0.2, 0) is 14.3 Å². The fourth-order valence-electron chi connectivity index (χ4n) is 2.37. The van der Waals surface area contributed by atoms with E-state index in [1.807, 2.05) is 25.8 Å². The zero-order valence-corrected chi connectivity index (χ0v) is 12.5. The van der Waals surface area contributed by atoms with Crippen molar-refractivity contribution in [2.75, 3.05) is 46.5 Å². The molecule has 1 rings (SSSR count). The van der Waals surface area contributed by atoms with Crippen molar-refractivity contribution < 1.29 is 14.3 Å². The van der Waals surface area contributed by atoms with Gasteiger partial charge in [-0.25, -0.2) is 0 Å². The number of piperidine rings is 1. The van der Waals surface area contributed by atoms with Gasteiger partial charge in [0.1, 0.15) is 0 Å². The number of likely N-dealkylation sites (tertiary alicyclic amines) is 1. The summed E-state index contributed by atoms with van der Waals surface area (Å²) in [6.45, 7) is 8.37. The zero-order chi connectivity index (χ0) is 14.1. The van der Waals surface area contributed by atoms with E-state index >= 15 is 0 Å². The van der Waals surface area contributed by atoms with Gasteiger partial charge in [0.2, 0.25) is 5.91 Å². The number of nitrogens with zero attached hydrogens (tertiary/aromatic N) is 1. The summed E-state index contributed by atoms with van der Waals surface area (Å²) < 4.78 is 11.0. The van der Waals surface area contributed by atoms with Crippen molar-refractivity contribution in [2.45, 2.75) is 32.8 Å². The van der Waals surface area contributed by atoms with E-state index in [4.69, 9.17) is 9.47 Å². The van der Waals surface area contributed by atoms with Gasteiger partial charge in [-0.3, -0.25) is 4.79 Å². The monoisotopic (exact) mass is 272 g/mol. The van der Waals surface area contributed by atoms with Crippen LogP contribution in [0.2, 0.25) is 0 Å². The minimum absolute atomic E-state index is 0.0559. The highest BCUT2D eigenvalue weighted by atomic mass is 16.5. The average Bonchev–Trinajstić information content (AvgIpc) is 2.44. The largest absolute Gasteiger partial charge is 0.379 e. The fraction of sp³-hybridized carbons (Fsp3) is 0.929. The summed E-state index contributed by atoms with van der Waals surface area (Å²) >= 11 is 0. The first-order valence-electron chi connectivity index (χ1n) is 7.31. The van der Waals surface area contributed by atoms with E-state index in [2.05, 4.69) is 5.32 Å². The maximum atomic E-state index is 12.1. The normalized spacial score (nSPS) is 18.6. The van der Waals surface area contributed by atoms with Crippen molar-refractivity contribution in [1.29, 1.82) is 0 Å². The summed E-state index contributed by atoms with van der Waals surface area (Å²) in [7, 11) is 1.88. The summed E-state index contributed by atoms with van der Waals surface area (Å²) in [5.41, 5.74) is 0. The number of rotatable bonds is 8. The van der Waals surface area contributed by atoms with Gasteiger partial charge >= 0.3 is 0 Å². The van der Waals surface area contributed by atoms with E-state index in [1.165, 1.54) is 0 Å². The molecule has 112 valence electrons. The molecule has 1 atom stereocenters. The Morgan fingerprint density at radius 1 is 1.37 bits per heavy atom. The predicted molar refractivity (Wildman–Crippen MR) is 75.1 cm³/mol. The van der Waals surface area contributed by atoms with Crippen LogP contribution in [0.15, 0.2) is 0 Å². The lowest BCUT2D eigenvalue weighted by atomic mass is 10.0. The highest BCUT2D eigenvalue weighted by molar-refractivity contribution is 5.78. The van der Waals surface area contributed by atoms with Gasteiger partial charge in [0.25, 0.3) is 0 Å². The van der Waals surface area contributed by atoms with E-state index in [-0.39, 0.29) is 17.9 Å². The molecule has 1 amide bonds. The number of ether oxygens (including phenoxy) is 2. The molecule has 0 aromatic rings. The van der Waals surface area contributed by atoms with E-state index in [9.17, 15) is 4.79 Å². The molecule has 1 fully saturated rings. The van der Waals surface area contributed by atoms with Crippen LogP contribution >= 0.6 is 0 Å². The molecule has 0 spiro atoms. The maximum Gasteiger partial charge on any atom is 0.226 e. The number of hydrogen-bond acceptors (Lipinski definition) is 4. The molecule has 0 aliphatic carbocycles. The smallest absolute Gasteiger partial charge is 0.226 e. The van der Waals surface area contributed by atoms with Gasteiger partial charge in [0.05, 0.1) is 19.3 Å². The third-order valence-corrected chi connectivity index (χ3v) is 3.47. The highest BCUT2D eigenvalue weighted by Crippen LogP contribution is 2.15. The highest BCUT2D eigenvalue weighted by Gasteiger charge is 2.25. The Morgan fingerprint density at radius 2 is 2.05 bits per heavy atom. The second-order valence-electron chi connectivity index (χ2n) is 5.05. The lowest BCUT2D eigenvalue weighted by Gasteiger charge is -2.33. The summed E-state index contributed by atoms with van der Waals surface area (Å²) in [5, 5.41) is 3.05. The average molecular weight is 272 g/mol. The molecule has 1 aliphatic heterocycles. The molecule has 1 aliphatic rings. The Hall–Kier alpha value is -0.650. The molecule has 1 saturated heterocycles. The van der Waals surface area contributed by atoms with Crippen LogP contribution in [0.3, 0.4) is 0 Å². The minimum atomic E-state index is 0.0559. The minimum Gasteiger partial charge on any atom is -0.379 e. The summed E-state index contributed by atoms with van der Waals surface area (Å²) in [5.74, 6) is 0.308. The number of nitrogens with one attached hydrogen (secondary N) is 1. The van der Waals surface area contributed by atoms with Gasteiger partial charge < -0.3 is 19.7 Å². The van der Waals surface area contributed by atoms with Crippen LogP contribution in [0, 0.1) is 5.92 Å². The first-order valence-corrected chi connectivity index (χ1v) is 7.31. The lowest BCUT2D eigenvalue weighted by molar-refractivity contribution is -0.137. The molecule has 0 aromatic carbocycles. The van der Waals surface area contributed by atoms with Crippen LogP contribution in [0.4, 0.5) is 0 Å². The quantitative estimate of drug-likeness (QED) is 0.667. The third-order valence-electron chi connectivity index (χ3n) is 3.47. The van der Waals surface area contributed by atoms with Gasteiger partial charge in [-0.2, -0.15) is 0 Å². The Kier molecular flexibility index (Phi) is 8.02. The number of carbonyl (C=O) groups excluding carboxylic acids is 1. The van der Waals surface area contributed by atoms with E-state index in [0.717, 1.165) is 39.1 Å². The predicted octanol–water partition coefficient (Wildman–Crippen LogP) is 0.886. The van der Waals surface area contributed by atoms with E-state index < -0.39 is 0 Å². The zero-order valence-electron chi connectivity index (χ0n) is 12.5. The third kappa shape index (κ3) is 5.89. The lowest BCUT2D eigenvalue weighted by Crippen LogP contribution is -2.44. The molecule has 1 N–H and O–H groups in total. The number of amides is 1. The van der Waals surface area contributed by atoms with Crippen LogP contribution in [0.25, 0.3) is 0 Å². The second-order valence-corrected chi connectivity index (χ2v) is 5.05. The standard InChI is InChI=1S/C14H28N2O3/c1-4-18-9-10-19-13-5-7-16(8-6-13)14(17)12(2)11-15-3/h12-13,15H,4-11H2,1-3H3. The van der Waals surface area contributed by atoms with Gasteiger partial charge in [-0.1, -0.05) is 6.92 Å². The molecular weight excluding hydrogens is 244 g/mol. The first-order chi connectivity index (χ1) is 9.19. The topological polar surface area (TPSA) is 50.8 Å². The van der Waals surface area contributed by atoms with Gasteiger partial charge in [0.15, 0.2) is 0 Å². The van der Waals surface area contributed by atoms with Crippen molar-refractivity contribution >= 4 is 5.91 Å². The van der Waals surface area contributed by atoms with Crippen molar-refractivity contribution in [3.63, 3.8) is 0 Å². The van der Waals surface area contributed by atoms with Crippen molar-refractivity contribution in [3.05, 3.63) is 0 Å². The Morgan fingerprint density at radius 3 is 2.63 bits per heavy atom. The fourth-order valence-corrected chi connectivity index (χ4v) is 2.37. The van der Waals surface area contributed by atoms with Crippen LogP contribution in [-0.4, -0.2) is 63.4 Å². The van der Waals surface area contributed by atoms with Crippen molar-refractivity contribution in [1.82, 2.24) is 10.2 Å². The molecule has 0 radical (unpaired) electrons. The molecule has 19 heavy (non-hydrogen) atoms. The van der Waals surface area contributed by atoms with E-state index in [1.54, 1.807) is 0 Å². The Bertz CT molecular complexity index is 253. The SMILES string of the molecule is CCOCCOC1CCN(C(=O)C(C)CNC)CC1. The second kappa shape index (κ2) is 9.28. The molecule has 1 heterocycles. The molecule has 0 saturated carbocycles. The molecule has 1 unspecified atom stereocenters. The molecule has 5 nitrogen and oxygen atoms in total. The van der Waals surface area contributed by atoms with Gasteiger partial charge in [-0.15, -0.1) is 0 Å². The van der Waals surface area contributed by atoms with Gasteiger partial charge in [-0.05, 0) is 26.8 Å². The maximum absolute atomic E-state index is 12.1. The molecule has 5 heteroatoms. The van der Waals surface area contributed by atoms with Gasteiger partial charge in [0, 0.05) is 32.2 Å². The summed E-state index contributed by atoms with van der Waals surface area (Å²) in [6, 6.07) is 0. The van der Waals surface area contributed by atoms with Crippen molar-refractivity contribution in [3.8, 4) is 0 Å². The Balaban J connectivity index is 2.19. The number of carbonyl (C=O) groups is 1. The summed E-state index contributed by atoms with van der Waals surface area (Å²) in [4.78, 5) is 14.1. The number of hydrogen-bond donors (Lipinski definition) is 1. The Labute approximate surface area is 116 Å². The van der Waals surface area contributed by atoms with Crippen molar-refractivity contribution in [2.24, 2.45) is 5.92 Å². The van der Waals surface area contributed by atoms with Crippen LogP contribution < -0.4 is 5.32 Å².